The fourth-order valence-corrected chi connectivity index (χ4v) is 2.33. The lowest BCUT2D eigenvalue weighted by Crippen LogP contribution is -2.41. The van der Waals surface area contributed by atoms with Crippen molar-refractivity contribution in [2.45, 2.75) is 60.4 Å². The first kappa shape index (κ1) is 23.1. The van der Waals surface area contributed by atoms with E-state index in [1.54, 1.807) is 0 Å². The Balaban J connectivity index is 0. The summed E-state index contributed by atoms with van der Waals surface area (Å²) >= 11 is 0. The summed E-state index contributed by atoms with van der Waals surface area (Å²) in [7, 11) is 4.34. The molecule has 22 heavy (non-hydrogen) atoms. The summed E-state index contributed by atoms with van der Waals surface area (Å²) < 4.78 is 0. The Morgan fingerprint density at radius 1 is 0.864 bits per heavy atom. The molecule has 2 N–H and O–H groups in total. The monoisotopic (exact) mass is 309 g/mol. The molecule has 1 aromatic carbocycles. The van der Waals surface area contributed by atoms with Crippen LogP contribution in [0.25, 0.3) is 0 Å². The summed E-state index contributed by atoms with van der Waals surface area (Å²) in [6.07, 6.45) is 2.49. The molecule has 1 saturated heterocycles. The molecule has 0 aliphatic carbocycles. The molecule has 0 atom stereocenters. The molecule has 1 heterocycles. The highest BCUT2D eigenvalue weighted by atomic mass is 15.2. The predicted octanol–water partition coefficient (Wildman–Crippen LogP) is 4.88. The molecule has 3 nitrogen and oxygen atoms in total. The molecule has 0 amide bonds. The molecule has 0 aromatic heterocycles. The van der Waals surface area contributed by atoms with Gasteiger partial charge in [0.05, 0.1) is 0 Å². The van der Waals surface area contributed by atoms with Crippen molar-refractivity contribution in [3.8, 4) is 0 Å². The van der Waals surface area contributed by atoms with Crippen molar-refractivity contribution in [2.24, 2.45) is 0 Å². The Hall–Kier alpha value is -1.22. The molecule has 130 valence electrons. The maximum absolute atomic E-state index is 5.69. The summed E-state index contributed by atoms with van der Waals surface area (Å²) in [4.78, 5) is 4.78. The van der Waals surface area contributed by atoms with E-state index in [0.29, 0.717) is 0 Å². The van der Waals surface area contributed by atoms with Crippen molar-refractivity contribution in [1.29, 1.82) is 0 Å². The van der Waals surface area contributed by atoms with Gasteiger partial charge in [-0.2, -0.15) is 0 Å². The smallest absolute Gasteiger partial charge is 0.0367 e. The number of piperidine rings is 1. The maximum atomic E-state index is 5.69. The summed E-state index contributed by atoms with van der Waals surface area (Å²) in [5.74, 6) is 0. The van der Waals surface area contributed by atoms with Gasteiger partial charge in [0.1, 0.15) is 0 Å². The number of nitrogens with zero attached hydrogens (tertiary/aromatic N) is 2. The molecule has 0 spiro atoms. The zero-order valence-electron chi connectivity index (χ0n) is 16.2. The van der Waals surface area contributed by atoms with Crippen LogP contribution < -0.4 is 10.6 Å². The molecule has 0 saturated carbocycles. The molecule has 2 rings (SSSR count). The summed E-state index contributed by atoms with van der Waals surface area (Å²) in [6.45, 7) is 14.3. The first-order chi connectivity index (χ1) is 10.7. The third kappa shape index (κ3) is 8.28. The molecule has 0 radical (unpaired) electrons. The van der Waals surface area contributed by atoms with Crippen LogP contribution in [-0.2, 0) is 0 Å². The normalized spacial score (nSPS) is 14.0. The minimum absolute atomic E-state index is 0.741. The van der Waals surface area contributed by atoms with Gasteiger partial charge in [0.25, 0.3) is 0 Å². The third-order valence-corrected chi connectivity index (χ3v) is 3.45. The average Bonchev–Trinajstić information content (AvgIpc) is 2.61. The van der Waals surface area contributed by atoms with Crippen molar-refractivity contribution in [3.05, 3.63) is 24.3 Å². The quantitative estimate of drug-likeness (QED) is 0.790. The minimum Gasteiger partial charge on any atom is -0.399 e. The lowest BCUT2D eigenvalue weighted by Gasteiger charge is -2.36. The predicted molar refractivity (Wildman–Crippen MR) is 104 cm³/mol. The topological polar surface area (TPSA) is 32.5 Å². The Kier molecular flexibility index (Phi) is 15.4. The minimum atomic E-state index is 0.741. The first-order valence-corrected chi connectivity index (χ1v) is 8.94. The van der Waals surface area contributed by atoms with E-state index in [0.717, 1.165) is 24.8 Å². The van der Waals surface area contributed by atoms with E-state index in [-0.39, 0.29) is 0 Å². The van der Waals surface area contributed by atoms with Crippen LogP contribution in [0, 0.1) is 0 Å². The molecule has 1 aliphatic rings. The molecule has 1 fully saturated rings. The van der Waals surface area contributed by atoms with Crippen LogP contribution >= 0.6 is 0 Å². The van der Waals surface area contributed by atoms with Crippen LogP contribution in [0.1, 0.15) is 54.4 Å². The lowest BCUT2D eigenvalue weighted by molar-refractivity contribution is 0.249. The molecule has 1 aliphatic heterocycles. The van der Waals surface area contributed by atoms with E-state index in [2.05, 4.69) is 36.0 Å². The van der Waals surface area contributed by atoms with Crippen molar-refractivity contribution >= 4 is 11.4 Å². The van der Waals surface area contributed by atoms with Gasteiger partial charge in [0.2, 0.25) is 0 Å². The zero-order chi connectivity index (χ0) is 17.5. The number of hydrogen-bond donors (Lipinski definition) is 1. The van der Waals surface area contributed by atoms with Crippen molar-refractivity contribution in [1.82, 2.24) is 4.90 Å². The van der Waals surface area contributed by atoms with Gasteiger partial charge in [0.15, 0.2) is 0 Å². The summed E-state index contributed by atoms with van der Waals surface area (Å²) in [6, 6.07) is 8.93. The van der Waals surface area contributed by atoms with Crippen molar-refractivity contribution in [2.75, 3.05) is 37.8 Å². The fourth-order valence-electron chi connectivity index (χ4n) is 2.33. The summed E-state index contributed by atoms with van der Waals surface area (Å²) in [5, 5.41) is 0. The Morgan fingerprint density at radius 3 is 1.64 bits per heavy atom. The van der Waals surface area contributed by atoms with Crippen molar-refractivity contribution < 1.29 is 0 Å². The highest BCUT2D eigenvalue weighted by Crippen LogP contribution is 2.22. The average molecular weight is 310 g/mol. The molecular formula is C19H39N3. The van der Waals surface area contributed by atoms with E-state index in [9.17, 15) is 0 Å². The highest BCUT2D eigenvalue weighted by molar-refractivity contribution is 5.53. The molecular weight excluding hydrogens is 270 g/mol. The Morgan fingerprint density at radius 2 is 1.27 bits per heavy atom. The second-order valence-electron chi connectivity index (χ2n) is 4.77. The van der Waals surface area contributed by atoms with E-state index in [1.165, 1.54) is 18.5 Å². The largest absolute Gasteiger partial charge is 0.399 e. The third-order valence-electron chi connectivity index (χ3n) is 3.45. The van der Waals surface area contributed by atoms with Crippen LogP contribution in [-0.4, -0.2) is 38.1 Å². The second-order valence-corrected chi connectivity index (χ2v) is 4.77. The van der Waals surface area contributed by atoms with E-state index in [1.807, 2.05) is 53.7 Å². The van der Waals surface area contributed by atoms with Gasteiger partial charge in [-0.1, -0.05) is 41.5 Å². The van der Waals surface area contributed by atoms with Crippen LogP contribution in [0.4, 0.5) is 11.4 Å². The molecule has 3 heteroatoms. The van der Waals surface area contributed by atoms with Crippen LogP contribution in [0.5, 0.6) is 0 Å². The van der Waals surface area contributed by atoms with Gasteiger partial charge in [-0.25, -0.2) is 0 Å². The molecule has 1 aromatic rings. The maximum Gasteiger partial charge on any atom is 0.0367 e. The van der Waals surface area contributed by atoms with E-state index in [4.69, 9.17) is 5.73 Å². The Labute approximate surface area is 139 Å². The molecule has 0 unspecified atom stereocenters. The fraction of sp³-hybridized carbons (Fsp3) is 0.684. The number of rotatable bonds is 2. The standard InChI is InChI=1S/C13H21N3.3C2H6/c1-15(2)12-7-9-16(10-8-12)13-5-3-11(14)4-6-13;3*1-2/h3-6,12H,7-10,14H2,1-2H3;3*1-2H3. The van der Waals surface area contributed by atoms with Gasteiger partial charge in [-0.3, -0.25) is 0 Å². The van der Waals surface area contributed by atoms with Crippen LogP contribution in [0.15, 0.2) is 24.3 Å². The number of hydrogen-bond acceptors (Lipinski definition) is 3. The van der Waals surface area contributed by atoms with E-state index < -0.39 is 0 Å². The number of nitrogen functional groups attached to an aromatic ring is 1. The first-order valence-electron chi connectivity index (χ1n) is 8.94. The highest BCUT2D eigenvalue weighted by Gasteiger charge is 2.20. The van der Waals surface area contributed by atoms with Gasteiger partial charge in [-0.15, -0.1) is 0 Å². The van der Waals surface area contributed by atoms with E-state index >= 15 is 0 Å². The Bertz CT molecular complexity index is 325. The number of benzene rings is 1. The van der Waals surface area contributed by atoms with Gasteiger partial charge in [-0.05, 0) is 51.2 Å². The number of anilines is 2. The van der Waals surface area contributed by atoms with Gasteiger partial charge >= 0.3 is 0 Å². The lowest BCUT2D eigenvalue weighted by atomic mass is 10.0. The van der Waals surface area contributed by atoms with Crippen molar-refractivity contribution in [3.63, 3.8) is 0 Å². The SMILES string of the molecule is CC.CC.CC.CN(C)C1CCN(c2ccc(N)cc2)CC1. The summed E-state index contributed by atoms with van der Waals surface area (Å²) in [5.41, 5.74) is 7.83. The second kappa shape index (κ2) is 14.7. The van der Waals surface area contributed by atoms with Gasteiger partial charge in [0, 0.05) is 30.5 Å². The molecule has 0 bridgehead atoms. The number of nitrogens with two attached hydrogens (primary N) is 1. The van der Waals surface area contributed by atoms with Gasteiger partial charge < -0.3 is 15.5 Å². The van der Waals surface area contributed by atoms with Crippen LogP contribution in [0.2, 0.25) is 0 Å². The zero-order valence-corrected chi connectivity index (χ0v) is 16.2. The van der Waals surface area contributed by atoms with Crippen LogP contribution in [0.3, 0.4) is 0 Å².